The molecule has 1 spiro atoms. The molecule has 1 saturated carbocycles. The number of rotatable bonds is 8. The SMILES string of the molecule is CCS(=O)(=O)Nc1ccc(C(=O)Nc2ccc(CO)c(N3CCC(F)(F)CC3)c2)c(N2CCC3(CC2)CC3)c1. The number of benzene rings is 2. The number of hydrogen-bond donors (Lipinski definition) is 3. The summed E-state index contributed by atoms with van der Waals surface area (Å²) < 4.78 is 54.4. The van der Waals surface area contributed by atoms with E-state index in [0.29, 0.717) is 39.3 Å². The molecule has 39 heavy (non-hydrogen) atoms. The Bertz CT molecular complexity index is 1330. The summed E-state index contributed by atoms with van der Waals surface area (Å²) in [6.07, 6.45) is 4.04. The fraction of sp³-hybridized carbons (Fsp3) is 0.536. The Morgan fingerprint density at radius 3 is 2.10 bits per heavy atom. The predicted molar refractivity (Wildman–Crippen MR) is 149 cm³/mol. The van der Waals surface area contributed by atoms with Crippen LogP contribution < -0.4 is 19.8 Å². The summed E-state index contributed by atoms with van der Waals surface area (Å²) in [5, 5.41) is 12.8. The van der Waals surface area contributed by atoms with Crippen molar-refractivity contribution in [3.63, 3.8) is 0 Å². The highest BCUT2D eigenvalue weighted by Crippen LogP contribution is 2.54. The van der Waals surface area contributed by atoms with E-state index < -0.39 is 15.9 Å². The Kier molecular flexibility index (Phi) is 7.49. The van der Waals surface area contributed by atoms with Crippen molar-refractivity contribution in [2.24, 2.45) is 5.41 Å². The smallest absolute Gasteiger partial charge is 0.257 e. The van der Waals surface area contributed by atoms with Crippen LogP contribution in [0.5, 0.6) is 0 Å². The highest BCUT2D eigenvalue weighted by molar-refractivity contribution is 7.92. The third-order valence-electron chi connectivity index (χ3n) is 8.37. The number of halogens is 2. The van der Waals surface area contributed by atoms with Crippen LogP contribution in [-0.2, 0) is 16.6 Å². The van der Waals surface area contributed by atoms with Gasteiger partial charge in [0.15, 0.2) is 0 Å². The number of alkyl halides is 2. The van der Waals surface area contributed by atoms with Crippen LogP contribution in [0.2, 0.25) is 0 Å². The monoisotopic (exact) mass is 562 g/mol. The number of sulfonamides is 1. The highest BCUT2D eigenvalue weighted by Gasteiger charge is 2.44. The van der Waals surface area contributed by atoms with E-state index in [-0.39, 0.29) is 44.2 Å². The first-order chi connectivity index (χ1) is 18.5. The van der Waals surface area contributed by atoms with Crippen molar-refractivity contribution >= 4 is 38.7 Å². The van der Waals surface area contributed by atoms with Crippen molar-refractivity contribution in [1.82, 2.24) is 0 Å². The van der Waals surface area contributed by atoms with Crippen molar-refractivity contribution in [3.05, 3.63) is 47.5 Å². The van der Waals surface area contributed by atoms with E-state index >= 15 is 0 Å². The third-order valence-corrected chi connectivity index (χ3v) is 9.67. The van der Waals surface area contributed by atoms with Crippen molar-refractivity contribution < 1.29 is 27.1 Å². The average molecular weight is 563 g/mol. The largest absolute Gasteiger partial charge is 0.392 e. The van der Waals surface area contributed by atoms with Gasteiger partial charge in [-0.1, -0.05) is 6.07 Å². The minimum absolute atomic E-state index is 0.0579. The molecule has 3 N–H and O–H groups in total. The normalized spacial score (nSPS) is 20.1. The molecule has 3 fully saturated rings. The molecule has 0 unspecified atom stereocenters. The van der Waals surface area contributed by atoms with Crippen molar-refractivity contribution in [1.29, 1.82) is 0 Å². The molecule has 2 aliphatic heterocycles. The number of aliphatic hydroxyl groups is 1. The number of carbonyl (C=O) groups is 1. The molecular formula is C28H36F2N4O4S. The molecular weight excluding hydrogens is 526 g/mol. The first kappa shape index (κ1) is 27.6. The number of anilines is 4. The topological polar surface area (TPSA) is 102 Å². The molecule has 11 heteroatoms. The van der Waals surface area contributed by atoms with Gasteiger partial charge in [0.1, 0.15) is 0 Å². The third kappa shape index (κ3) is 6.30. The lowest BCUT2D eigenvalue weighted by Gasteiger charge is -2.35. The molecule has 0 atom stereocenters. The van der Waals surface area contributed by atoms with Crippen LogP contribution in [0.25, 0.3) is 0 Å². The lowest BCUT2D eigenvalue weighted by atomic mass is 9.93. The van der Waals surface area contributed by atoms with Gasteiger partial charge in [-0.3, -0.25) is 9.52 Å². The lowest BCUT2D eigenvalue weighted by Crippen LogP contribution is -2.39. The maximum Gasteiger partial charge on any atom is 0.257 e. The second-order valence-electron chi connectivity index (χ2n) is 11.0. The van der Waals surface area contributed by atoms with Gasteiger partial charge in [0.25, 0.3) is 11.8 Å². The molecule has 5 rings (SSSR count). The first-order valence-electron chi connectivity index (χ1n) is 13.6. The molecule has 1 amide bonds. The minimum Gasteiger partial charge on any atom is -0.392 e. The van der Waals surface area contributed by atoms with Crippen molar-refractivity contribution in [2.75, 3.05) is 51.8 Å². The highest BCUT2D eigenvalue weighted by atomic mass is 32.2. The molecule has 0 aromatic heterocycles. The summed E-state index contributed by atoms with van der Waals surface area (Å²) in [7, 11) is -3.48. The number of nitrogens with zero attached hydrogens (tertiary/aromatic N) is 2. The van der Waals surface area contributed by atoms with E-state index in [4.69, 9.17) is 0 Å². The Hall–Kier alpha value is -2.92. The standard InChI is InChI=1S/C28H36F2N4O4S/c1-2-39(37,38)32-22-5-6-23(25(18-22)34-13-9-27(7-8-27)10-14-34)26(36)31-21-4-3-20(19-35)24(17-21)33-15-11-28(29,30)12-16-33/h3-6,17-18,32,35H,2,7-16,19H2,1H3,(H,31,36). The molecule has 0 radical (unpaired) electrons. The molecule has 0 bridgehead atoms. The second-order valence-corrected chi connectivity index (χ2v) is 13.0. The first-order valence-corrected chi connectivity index (χ1v) is 15.2. The minimum atomic E-state index is -3.48. The molecule has 8 nitrogen and oxygen atoms in total. The number of aliphatic hydroxyl groups excluding tert-OH is 1. The van der Waals surface area contributed by atoms with E-state index in [1.165, 1.54) is 12.8 Å². The fourth-order valence-corrected chi connectivity index (χ4v) is 6.17. The van der Waals surface area contributed by atoms with Gasteiger partial charge < -0.3 is 20.2 Å². The van der Waals surface area contributed by atoms with E-state index in [1.54, 1.807) is 43.3 Å². The zero-order chi connectivity index (χ0) is 27.8. The fourth-order valence-electron chi connectivity index (χ4n) is 5.54. The average Bonchev–Trinajstić information content (AvgIpc) is 3.67. The number of amides is 1. The van der Waals surface area contributed by atoms with Gasteiger partial charge in [0.2, 0.25) is 10.0 Å². The zero-order valence-corrected chi connectivity index (χ0v) is 23.0. The Morgan fingerprint density at radius 1 is 0.897 bits per heavy atom. The number of piperidine rings is 2. The van der Waals surface area contributed by atoms with E-state index in [9.17, 15) is 27.1 Å². The summed E-state index contributed by atoms with van der Waals surface area (Å²) >= 11 is 0. The Balaban J connectivity index is 1.40. The van der Waals surface area contributed by atoms with Gasteiger partial charge in [-0.05, 0) is 68.4 Å². The summed E-state index contributed by atoms with van der Waals surface area (Å²) in [4.78, 5) is 17.5. The van der Waals surface area contributed by atoms with Gasteiger partial charge in [0, 0.05) is 56.0 Å². The Morgan fingerprint density at radius 2 is 1.49 bits per heavy atom. The van der Waals surface area contributed by atoms with Gasteiger partial charge >= 0.3 is 0 Å². The Labute approximate surface area is 228 Å². The van der Waals surface area contributed by atoms with Crippen LogP contribution >= 0.6 is 0 Å². The van der Waals surface area contributed by atoms with Crippen LogP contribution in [0.3, 0.4) is 0 Å². The molecule has 1 aliphatic carbocycles. The van der Waals surface area contributed by atoms with Crippen LogP contribution in [0.15, 0.2) is 36.4 Å². The summed E-state index contributed by atoms with van der Waals surface area (Å²) in [6.45, 7) is 3.22. The molecule has 2 aromatic carbocycles. The van der Waals surface area contributed by atoms with Gasteiger partial charge in [-0.15, -0.1) is 0 Å². The molecule has 2 aromatic rings. The molecule has 2 heterocycles. The van der Waals surface area contributed by atoms with Crippen molar-refractivity contribution in [3.8, 4) is 0 Å². The van der Waals surface area contributed by atoms with E-state index in [2.05, 4.69) is 14.9 Å². The summed E-state index contributed by atoms with van der Waals surface area (Å²) in [5.41, 5.74) is 3.66. The number of nitrogens with one attached hydrogen (secondary N) is 2. The quantitative estimate of drug-likeness (QED) is 0.427. The summed E-state index contributed by atoms with van der Waals surface area (Å²) in [6, 6.07) is 10.0. The predicted octanol–water partition coefficient (Wildman–Crippen LogP) is 4.81. The molecule has 3 aliphatic rings. The molecule has 212 valence electrons. The van der Waals surface area contributed by atoms with Crippen LogP contribution in [-0.4, -0.2) is 57.3 Å². The molecule has 2 saturated heterocycles. The van der Waals surface area contributed by atoms with E-state index in [0.717, 1.165) is 25.9 Å². The second kappa shape index (κ2) is 10.6. The van der Waals surface area contributed by atoms with Crippen molar-refractivity contribution in [2.45, 2.75) is 58.0 Å². The van der Waals surface area contributed by atoms with Crippen LogP contribution in [0.4, 0.5) is 31.5 Å². The van der Waals surface area contributed by atoms with E-state index in [1.807, 2.05) is 4.90 Å². The van der Waals surface area contributed by atoms with Crippen LogP contribution in [0.1, 0.15) is 61.4 Å². The van der Waals surface area contributed by atoms with Gasteiger partial charge in [-0.2, -0.15) is 0 Å². The number of carbonyl (C=O) groups excluding carboxylic acids is 1. The number of hydrogen-bond acceptors (Lipinski definition) is 6. The lowest BCUT2D eigenvalue weighted by molar-refractivity contribution is -0.0220. The van der Waals surface area contributed by atoms with Crippen LogP contribution in [0, 0.1) is 5.41 Å². The zero-order valence-electron chi connectivity index (χ0n) is 22.2. The maximum absolute atomic E-state index is 13.7. The van der Waals surface area contributed by atoms with Gasteiger partial charge in [0.05, 0.1) is 29.3 Å². The summed E-state index contributed by atoms with van der Waals surface area (Å²) in [5.74, 6) is -3.10. The van der Waals surface area contributed by atoms with Gasteiger partial charge in [-0.25, -0.2) is 17.2 Å². The maximum atomic E-state index is 13.7.